The Kier molecular flexibility index (Phi) is 9.19. The van der Waals surface area contributed by atoms with Gasteiger partial charge in [0.1, 0.15) is 0 Å². The van der Waals surface area contributed by atoms with Gasteiger partial charge in [-0.05, 0) is 142 Å². The van der Waals surface area contributed by atoms with Crippen molar-refractivity contribution in [2.24, 2.45) is 5.41 Å². The molecule has 0 unspecified atom stereocenters. The largest absolute Gasteiger partial charge is 0.252 e. The number of aromatic nitrogens is 2. The zero-order valence-corrected chi connectivity index (χ0v) is 35.6. The predicted octanol–water partition coefficient (Wildman–Crippen LogP) is 13.9. The molecule has 0 radical (unpaired) electrons. The molecule has 0 saturated heterocycles. The number of hydrogen-bond donors (Lipinski definition) is 0. The number of nitrogens with zero attached hydrogens (tertiary/aromatic N) is 2. The van der Waals surface area contributed by atoms with Gasteiger partial charge in [0.25, 0.3) is 0 Å². The maximum absolute atomic E-state index is 5.41. The van der Waals surface area contributed by atoms with Crippen LogP contribution >= 0.6 is 0 Å². The van der Waals surface area contributed by atoms with Crippen LogP contribution in [0.5, 0.6) is 0 Å². The summed E-state index contributed by atoms with van der Waals surface area (Å²) in [5, 5.41) is 0. The van der Waals surface area contributed by atoms with E-state index in [1.807, 2.05) is 0 Å². The maximum atomic E-state index is 5.41. The highest BCUT2D eigenvalue weighted by Crippen LogP contribution is 2.48. The van der Waals surface area contributed by atoms with Gasteiger partial charge in [-0.3, -0.25) is 9.97 Å². The Morgan fingerprint density at radius 1 is 0.397 bits per heavy atom. The minimum absolute atomic E-state index is 0.0442. The first-order chi connectivity index (χ1) is 27.6. The molecule has 2 aromatic heterocycles. The second kappa shape index (κ2) is 14.0. The van der Waals surface area contributed by atoms with E-state index < -0.39 is 5.41 Å². The standard InChI is InChI=1S/C56H56N2/c1-53(2,3)46-26-27-47(48(32-46)54(4,5)6)44-30-50(37-16-10-9-11-17-37)58-52(31-44)55(7,8)51-23-15-22-49(57-51)40-21-14-20-38(28-40)39-24-25-43-35-56(36-45(43)29-39)33-41-18-12-13-19-42(41)34-56/h9-32H,33-36H2,1-8H3. The van der Waals surface area contributed by atoms with E-state index in [0.29, 0.717) is 5.41 Å². The fourth-order valence-corrected chi connectivity index (χ4v) is 9.61. The van der Waals surface area contributed by atoms with Crippen LogP contribution in [0.25, 0.3) is 44.8 Å². The minimum atomic E-state index is -0.476. The molecule has 0 fully saturated rings. The Morgan fingerprint density at radius 3 is 1.71 bits per heavy atom. The molecular formula is C56H56N2. The fourth-order valence-electron chi connectivity index (χ4n) is 9.61. The minimum Gasteiger partial charge on any atom is -0.252 e. The molecule has 2 nitrogen and oxygen atoms in total. The highest BCUT2D eigenvalue weighted by Gasteiger charge is 2.42. The van der Waals surface area contributed by atoms with E-state index in [1.54, 1.807) is 11.1 Å². The molecule has 9 rings (SSSR count). The van der Waals surface area contributed by atoms with Crippen molar-refractivity contribution in [2.75, 3.05) is 0 Å². The van der Waals surface area contributed by atoms with Gasteiger partial charge in [0.05, 0.1) is 22.8 Å². The molecule has 2 heteroatoms. The van der Waals surface area contributed by atoms with E-state index in [-0.39, 0.29) is 10.8 Å². The van der Waals surface area contributed by atoms with Crippen molar-refractivity contribution in [2.45, 2.75) is 97.3 Å². The lowest BCUT2D eigenvalue weighted by molar-refractivity contribution is 0.326. The van der Waals surface area contributed by atoms with Crippen LogP contribution in [0.4, 0.5) is 0 Å². The molecular weight excluding hydrogens is 701 g/mol. The molecule has 1 spiro atoms. The maximum Gasteiger partial charge on any atom is 0.0711 e. The molecule has 290 valence electrons. The Balaban J connectivity index is 1.06. The van der Waals surface area contributed by atoms with Gasteiger partial charge < -0.3 is 0 Å². The van der Waals surface area contributed by atoms with Crippen molar-refractivity contribution < 1.29 is 0 Å². The quantitative estimate of drug-likeness (QED) is 0.169. The summed E-state index contributed by atoms with van der Waals surface area (Å²) in [7, 11) is 0. The summed E-state index contributed by atoms with van der Waals surface area (Å²) in [5.41, 5.74) is 19.8. The summed E-state index contributed by atoms with van der Waals surface area (Å²) >= 11 is 0. The molecule has 0 N–H and O–H groups in total. The molecule has 58 heavy (non-hydrogen) atoms. The molecule has 2 aliphatic rings. The van der Waals surface area contributed by atoms with Gasteiger partial charge >= 0.3 is 0 Å². The van der Waals surface area contributed by atoms with Crippen LogP contribution < -0.4 is 0 Å². The lowest BCUT2D eigenvalue weighted by atomic mass is 9.76. The van der Waals surface area contributed by atoms with Crippen LogP contribution in [0.1, 0.15) is 100 Å². The zero-order chi connectivity index (χ0) is 40.5. The van der Waals surface area contributed by atoms with Crippen LogP contribution in [0.2, 0.25) is 0 Å². The van der Waals surface area contributed by atoms with Gasteiger partial charge in [0, 0.05) is 16.5 Å². The van der Waals surface area contributed by atoms with E-state index in [2.05, 4.69) is 201 Å². The highest BCUT2D eigenvalue weighted by molar-refractivity contribution is 5.76. The third-order valence-electron chi connectivity index (χ3n) is 13.0. The zero-order valence-electron chi connectivity index (χ0n) is 35.6. The van der Waals surface area contributed by atoms with E-state index in [0.717, 1.165) is 40.3 Å². The van der Waals surface area contributed by atoms with Crippen molar-refractivity contribution in [3.8, 4) is 44.8 Å². The summed E-state index contributed by atoms with van der Waals surface area (Å²) in [5.74, 6) is 0. The fraction of sp³-hybridized carbons (Fsp3) is 0.286. The Labute approximate surface area is 346 Å². The Bertz CT molecular complexity index is 2640. The molecule has 5 aromatic carbocycles. The van der Waals surface area contributed by atoms with Crippen LogP contribution in [-0.2, 0) is 41.9 Å². The first-order valence-corrected chi connectivity index (χ1v) is 21.2. The summed E-state index contributed by atoms with van der Waals surface area (Å²) in [6.45, 7) is 18.4. The summed E-state index contributed by atoms with van der Waals surface area (Å²) in [4.78, 5) is 10.8. The first kappa shape index (κ1) is 37.9. The van der Waals surface area contributed by atoms with E-state index >= 15 is 0 Å². The molecule has 2 aliphatic carbocycles. The molecule has 7 aromatic rings. The topological polar surface area (TPSA) is 25.8 Å². The van der Waals surface area contributed by atoms with E-state index in [1.165, 1.54) is 63.8 Å². The van der Waals surface area contributed by atoms with Crippen molar-refractivity contribution in [3.05, 3.63) is 190 Å². The second-order valence-electron chi connectivity index (χ2n) is 19.8. The summed E-state index contributed by atoms with van der Waals surface area (Å²) in [6.07, 6.45) is 4.72. The van der Waals surface area contributed by atoms with Crippen LogP contribution in [0.3, 0.4) is 0 Å². The molecule has 0 amide bonds. The molecule has 2 heterocycles. The molecule has 0 bridgehead atoms. The SMILES string of the molecule is CC(C)(C)c1ccc(-c2cc(-c3ccccc3)nc(C(C)(C)c3cccc(-c4cccc(-c5ccc6c(c5)CC5(Cc7ccccc7C5)C6)c4)n3)c2)c(C(C)(C)C)c1. The van der Waals surface area contributed by atoms with Gasteiger partial charge in [-0.2, -0.15) is 0 Å². The first-order valence-electron chi connectivity index (χ1n) is 21.2. The molecule has 0 aliphatic heterocycles. The average Bonchev–Trinajstić information content (AvgIpc) is 3.77. The van der Waals surface area contributed by atoms with E-state index in [4.69, 9.17) is 9.97 Å². The van der Waals surface area contributed by atoms with Crippen molar-refractivity contribution in [3.63, 3.8) is 0 Å². The molecule has 0 saturated carbocycles. The second-order valence-corrected chi connectivity index (χ2v) is 19.8. The smallest absolute Gasteiger partial charge is 0.0711 e. The Morgan fingerprint density at radius 2 is 1.00 bits per heavy atom. The van der Waals surface area contributed by atoms with Crippen molar-refractivity contribution in [1.29, 1.82) is 0 Å². The number of pyridine rings is 2. The average molecular weight is 757 g/mol. The summed E-state index contributed by atoms with van der Waals surface area (Å²) < 4.78 is 0. The summed E-state index contributed by atoms with van der Waals surface area (Å²) in [6, 6.07) is 53.9. The van der Waals surface area contributed by atoms with Crippen LogP contribution in [0, 0.1) is 5.41 Å². The van der Waals surface area contributed by atoms with Gasteiger partial charge in [0.15, 0.2) is 0 Å². The van der Waals surface area contributed by atoms with Crippen LogP contribution in [-0.4, -0.2) is 9.97 Å². The van der Waals surface area contributed by atoms with E-state index in [9.17, 15) is 0 Å². The molecule has 0 atom stereocenters. The van der Waals surface area contributed by atoms with Gasteiger partial charge in [-0.1, -0.05) is 157 Å². The third kappa shape index (κ3) is 7.12. The predicted molar refractivity (Wildman–Crippen MR) is 243 cm³/mol. The number of fused-ring (bicyclic) bond motifs is 2. The van der Waals surface area contributed by atoms with Crippen molar-refractivity contribution >= 4 is 0 Å². The Hall–Kier alpha value is -5.60. The van der Waals surface area contributed by atoms with Crippen molar-refractivity contribution in [1.82, 2.24) is 9.97 Å². The van der Waals surface area contributed by atoms with Gasteiger partial charge in [-0.15, -0.1) is 0 Å². The van der Waals surface area contributed by atoms with Crippen LogP contribution in [0.15, 0.2) is 146 Å². The lowest BCUT2D eigenvalue weighted by Gasteiger charge is -2.29. The number of rotatable bonds is 6. The third-order valence-corrected chi connectivity index (χ3v) is 13.0. The van der Waals surface area contributed by atoms with Gasteiger partial charge in [-0.25, -0.2) is 0 Å². The normalized spacial score (nSPS) is 14.8. The van der Waals surface area contributed by atoms with Gasteiger partial charge in [0.2, 0.25) is 0 Å². The number of hydrogen-bond acceptors (Lipinski definition) is 2. The number of benzene rings is 5. The highest BCUT2D eigenvalue weighted by atomic mass is 14.8. The lowest BCUT2D eigenvalue weighted by Crippen LogP contribution is -2.23. The monoisotopic (exact) mass is 756 g/mol.